The molecule has 4 nitrogen and oxygen atoms in total. The van der Waals surface area contributed by atoms with Crippen LogP contribution in [0.4, 0.5) is 0 Å². The smallest absolute Gasteiger partial charge is 0.335 e. The van der Waals surface area contributed by atoms with Crippen LogP contribution in [0.15, 0.2) is 48.8 Å². The Morgan fingerprint density at radius 2 is 1.41 bits per heavy atom. The van der Waals surface area contributed by atoms with Gasteiger partial charge < -0.3 is 4.74 Å². The largest absolute Gasteiger partial charge is 0.420 e. The maximum atomic E-state index is 12.0. The average molecular weight is 437 g/mol. The second kappa shape index (κ2) is 16.2. The number of unbranched alkanes of at least 4 members (excludes halogenated alkanes) is 10. The molecule has 174 valence electrons. The van der Waals surface area contributed by atoms with E-state index in [2.05, 4.69) is 48.1 Å². The van der Waals surface area contributed by atoms with E-state index in [4.69, 9.17) is 4.74 Å². The fourth-order valence-electron chi connectivity index (χ4n) is 3.64. The highest BCUT2D eigenvalue weighted by molar-refractivity contribution is 5.83. The van der Waals surface area contributed by atoms with E-state index >= 15 is 0 Å². The Morgan fingerprint density at radius 1 is 0.812 bits per heavy atom. The number of carbonyl (C=O) groups excluding carboxylic acids is 1. The Labute approximate surface area is 194 Å². The average Bonchev–Trinajstić information content (AvgIpc) is 2.82. The highest BCUT2D eigenvalue weighted by atomic mass is 16.5. The number of hydrogen-bond acceptors (Lipinski definition) is 4. The third-order valence-electron chi connectivity index (χ3n) is 5.61. The van der Waals surface area contributed by atoms with Gasteiger partial charge in [-0.2, -0.15) is 0 Å². The van der Waals surface area contributed by atoms with Crippen LogP contribution >= 0.6 is 0 Å². The van der Waals surface area contributed by atoms with E-state index in [1.54, 1.807) is 12.4 Å². The molecule has 1 aromatic carbocycles. The first-order valence-electron chi connectivity index (χ1n) is 12.5. The summed E-state index contributed by atoms with van der Waals surface area (Å²) in [5.74, 6) is 0.625. The molecule has 4 heteroatoms. The molecule has 0 aliphatic heterocycles. The van der Waals surface area contributed by atoms with Crippen molar-refractivity contribution in [2.75, 3.05) is 0 Å². The molecule has 0 aliphatic carbocycles. The van der Waals surface area contributed by atoms with Crippen LogP contribution < -0.4 is 4.74 Å². The van der Waals surface area contributed by atoms with Gasteiger partial charge >= 0.3 is 5.97 Å². The maximum absolute atomic E-state index is 12.0. The summed E-state index contributed by atoms with van der Waals surface area (Å²) in [6.07, 6.45) is 22.5. The van der Waals surface area contributed by atoms with Crippen LogP contribution in [-0.2, 0) is 11.2 Å². The number of hydrogen-bond donors (Lipinski definition) is 0. The van der Waals surface area contributed by atoms with Crippen LogP contribution in [0.5, 0.6) is 5.75 Å². The van der Waals surface area contributed by atoms with Gasteiger partial charge in [-0.05, 0) is 31.2 Å². The summed E-state index contributed by atoms with van der Waals surface area (Å²) in [6, 6.07) is 8.43. The van der Waals surface area contributed by atoms with E-state index in [1.807, 2.05) is 6.08 Å². The van der Waals surface area contributed by atoms with E-state index < -0.39 is 0 Å². The highest BCUT2D eigenvalue weighted by Gasteiger charge is 2.05. The molecule has 0 unspecified atom stereocenters. The molecule has 0 bridgehead atoms. The molecule has 2 aromatic rings. The van der Waals surface area contributed by atoms with Gasteiger partial charge in [0.1, 0.15) is 0 Å². The Balaban J connectivity index is 1.72. The number of rotatable bonds is 16. The highest BCUT2D eigenvalue weighted by Crippen LogP contribution is 2.19. The van der Waals surface area contributed by atoms with Gasteiger partial charge in [0, 0.05) is 11.6 Å². The summed E-state index contributed by atoms with van der Waals surface area (Å²) in [7, 11) is 0. The number of carbonyl (C=O) groups is 1. The Hall–Kier alpha value is -2.49. The predicted octanol–water partition coefficient (Wildman–Crippen LogP) is 7.87. The second-order valence-electron chi connectivity index (χ2n) is 8.48. The lowest BCUT2D eigenvalue weighted by molar-refractivity contribution is -0.129. The summed E-state index contributed by atoms with van der Waals surface area (Å²) >= 11 is 0. The fraction of sp³-hybridized carbons (Fsp3) is 0.536. The van der Waals surface area contributed by atoms with Crippen LogP contribution in [0.25, 0.3) is 11.4 Å². The number of esters is 1. The Kier molecular flexibility index (Phi) is 13.0. The Morgan fingerprint density at radius 3 is 2.06 bits per heavy atom. The van der Waals surface area contributed by atoms with Gasteiger partial charge in [-0.25, -0.2) is 14.8 Å². The zero-order valence-electron chi connectivity index (χ0n) is 20.0. The molecule has 0 amide bonds. The van der Waals surface area contributed by atoms with Gasteiger partial charge in [-0.15, -0.1) is 0 Å². The molecule has 2 rings (SSSR count). The van der Waals surface area contributed by atoms with Gasteiger partial charge in [-0.1, -0.05) is 102 Å². The van der Waals surface area contributed by atoms with Crippen molar-refractivity contribution in [3.05, 3.63) is 54.4 Å². The van der Waals surface area contributed by atoms with Crippen molar-refractivity contribution < 1.29 is 9.53 Å². The lowest BCUT2D eigenvalue weighted by Crippen LogP contribution is -2.04. The van der Waals surface area contributed by atoms with Gasteiger partial charge in [0.25, 0.3) is 0 Å². The van der Waals surface area contributed by atoms with Gasteiger partial charge in [0.05, 0.1) is 12.4 Å². The Bertz CT molecular complexity index is 782. The van der Waals surface area contributed by atoms with E-state index in [0.717, 1.165) is 24.8 Å². The van der Waals surface area contributed by atoms with Crippen molar-refractivity contribution in [3.63, 3.8) is 0 Å². The molecular weight excluding hydrogens is 396 g/mol. The molecule has 32 heavy (non-hydrogen) atoms. The molecule has 0 saturated heterocycles. The van der Waals surface area contributed by atoms with Crippen molar-refractivity contribution >= 4 is 5.97 Å². The zero-order valence-corrected chi connectivity index (χ0v) is 20.0. The minimum atomic E-state index is -0.379. The molecule has 0 N–H and O–H groups in total. The van der Waals surface area contributed by atoms with Gasteiger partial charge in [-0.3, -0.25) is 0 Å². The summed E-state index contributed by atoms with van der Waals surface area (Å²) in [5, 5.41) is 0. The lowest BCUT2D eigenvalue weighted by Gasteiger charge is -2.05. The van der Waals surface area contributed by atoms with E-state index in [-0.39, 0.29) is 5.97 Å². The number of nitrogens with zero attached hydrogens (tertiary/aromatic N) is 2. The van der Waals surface area contributed by atoms with Gasteiger partial charge in [0.2, 0.25) is 0 Å². The number of ether oxygens (including phenoxy) is 1. The minimum Gasteiger partial charge on any atom is -0.420 e. The van der Waals surface area contributed by atoms with Crippen molar-refractivity contribution in [2.45, 2.75) is 97.3 Å². The molecule has 0 saturated carbocycles. The topological polar surface area (TPSA) is 52.1 Å². The number of benzene rings is 1. The fourth-order valence-corrected chi connectivity index (χ4v) is 3.64. The van der Waals surface area contributed by atoms with Crippen molar-refractivity contribution in [1.29, 1.82) is 0 Å². The van der Waals surface area contributed by atoms with Crippen LogP contribution in [0.1, 0.15) is 96.5 Å². The standard InChI is InChI=1S/C28H40N2O2/c1-3-5-7-9-10-11-13-15-17-27(31)32-26-22-29-28(30-23-26)25-20-18-24(19-21-25)16-14-12-8-6-4-2/h15,17-23H,3-14,16H2,1-2H3. The van der Waals surface area contributed by atoms with Crippen molar-refractivity contribution in [2.24, 2.45) is 0 Å². The van der Waals surface area contributed by atoms with Crippen LogP contribution in [0, 0.1) is 0 Å². The first kappa shape index (κ1) is 25.8. The van der Waals surface area contributed by atoms with Crippen LogP contribution in [0.2, 0.25) is 0 Å². The summed E-state index contributed by atoms with van der Waals surface area (Å²) in [4.78, 5) is 20.7. The van der Waals surface area contributed by atoms with Crippen molar-refractivity contribution in [1.82, 2.24) is 9.97 Å². The molecule has 1 aromatic heterocycles. The number of aromatic nitrogens is 2. The monoisotopic (exact) mass is 436 g/mol. The van der Waals surface area contributed by atoms with E-state index in [1.165, 1.54) is 75.8 Å². The number of allylic oxidation sites excluding steroid dienone is 1. The zero-order chi connectivity index (χ0) is 22.9. The number of aryl methyl sites for hydroxylation is 1. The van der Waals surface area contributed by atoms with Gasteiger partial charge in [0.15, 0.2) is 11.6 Å². The third-order valence-corrected chi connectivity index (χ3v) is 5.61. The minimum absolute atomic E-state index is 0.367. The quantitative estimate of drug-likeness (QED) is 0.153. The summed E-state index contributed by atoms with van der Waals surface area (Å²) < 4.78 is 5.31. The maximum Gasteiger partial charge on any atom is 0.335 e. The molecule has 0 radical (unpaired) electrons. The second-order valence-corrected chi connectivity index (χ2v) is 8.48. The first-order chi connectivity index (χ1) is 15.7. The lowest BCUT2D eigenvalue weighted by atomic mass is 10.0. The molecule has 0 fully saturated rings. The van der Waals surface area contributed by atoms with E-state index in [9.17, 15) is 4.79 Å². The normalized spacial score (nSPS) is 11.2. The molecule has 0 spiro atoms. The molecule has 0 atom stereocenters. The summed E-state index contributed by atoms with van der Waals surface area (Å²) in [6.45, 7) is 4.47. The third kappa shape index (κ3) is 10.7. The summed E-state index contributed by atoms with van der Waals surface area (Å²) in [5.41, 5.74) is 2.32. The van der Waals surface area contributed by atoms with E-state index in [0.29, 0.717) is 11.6 Å². The molecular formula is C28H40N2O2. The SMILES string of the molecule is CCCCCCCCC=CC(=O)Oc1cnc(-c2ccc(CCCCCCC)cc2)nc1. The van der Waals surface area contributed by atoms with Crippen LogP contribution in [-0.4, -0.2) is 15.9 Å². The molecule has 0 aliphatic rings. The predicted molar refractivity (Wildman–Crippen MR) is 133 cm³/mol. The van der Waals surface area contributed by atoms with Crippen molar-refractivity contribution in [3.8, 4) is 17.1 Å². The molecule has 1 heterocycles. The van der Waals surface area contributed by atoms with Crippen LogP contribution in [0.3, 0.4) is 0 Å². The first-order valence-corrected chi connectivity index (χ1v) is 12.5.